The van der Waals surface area contributed by atoms with Crippen LogP contribution in [0.15, 0.2) is 35.1 Å². The molecule has 0 atom stereocenters. The minimum atomic E-state index is -1.04. The van der Waals surface area contributed by atoms with Crippen LogP contribution >= 0.6 is 0 Å². The number of hydrogen-bond acceptors (Lipinski definition) is 2. The molecule has 1 aromatic carbocycles. The molecule has 1 aliphatic rings. The third-order valence-electron chi connectivity index (χ3n) is 3.38. The lowest BCUT2D eigenvalue weighted by molar-refractivity contribution is 0.0684. The number of rotatable bonds is 3. The summed E-state index contributed by atoms with van der Waals surface area (Å²) in [7, 11) is 0. The zero-order valence-corrected chi connectivity index (χ0v) is 9.80. The normalized spacial score (nSPS) is 14.9. The van der Waals surface area contributed by atoms with Gasteiger partial charge in [-0.1, -0.05) is 12.1 Å². The maximum atomic E-state index is 11.9. The molecule has 0 bridgehead atoms. The van der Waals surface area contributed by atoms with Crippen molar-refractivity contribution < 1.29 is 9.90 Å². The van der Waals surface area contributed by atoms with Gasteiger partial charge in [-0.05, 0) is 30.9 Å². The first kappa shape index (κ1) is 11.0. The fourth-order valence-electron chi connectivity index (χ4n) is 2.26. The summed E-state index contributed by atoms with van der Waals surface area (Å²) in [5.74, 6) is -0.493. The Morgan fingerprint density at radius 2 is 2.06 bits per heavy atom. The number of benzene rings is 1. The van der Waals surface area contributed by atoms with Crippen LogP contribution in [0.5, 0.6) is 0 Å². The molecule has 18 heavy (non-hydrogen) atoms. The van der Waals surface area contributed by atoms with Crippen LogP contribution in [-0.4, -0.2) is 15.6 Å². The number of nitrogens with zero attached hydrogens (tertiary/aromatic N) is 1. The predicted octanol–water partition coefficient (Wildman–Crippen LogP) is 2.11. The molecule has 0 radical (unpaired) electrons. The van der Waals surface area contributed by atoms with Gasteiger partial charge in [-0.15, -0.1) is 0 Å². The second-order valence-electron chi connectivity index (χ2n) is 4.77. The highest BCUT2D eigenvalue weighted by Gasteiger charge is 2.24. The molecule has 2 aromatic rings. The number of carbonyl (C=O) groups is 1. The number of pyridine rings is 1. The van der Waals surface area contributed by atoms with Crippen molar-refractivity contribution in [2.75, 3.05) is 0 Å². The van der Waals surface area contributed by atoms with Gasteiger partial charge in [0.25, 0.3) is 0 Å². The molecule has 1 heterocycles. The maximum Gasteiger partial charge on any atom is 0.352 e. The first-order valence-corrected chi connectivity index (χ1v) is 6.02. The number of aromatic carboxylic acids is 1. The van der Waals surface area contributed by atoms with E-state index >= 15 is 0 Å². The third kappa shape index (κ3) is 1.79. The van der Waals surface area contributed by atoms with E-state index in [2.05, 4.69) is 0 Å². The van der Waals surface area contributed by atoms with Crippen molar-refractivity contribution in [1.82, 2.24) is 4.57 Å². The Balaban J connectivity index is 2.31. The summed E-state index contributed by atoms with van der Waals surface area (Å²) >= 11 is 0. The number of aromatic nitrogens is 1. The van der Waals surface area contributed by atoms with Crippen LogP contribution in [0.3, 0.4) is 0 Å². The summed E-state index contributed by atoms with van der Waals surface area (Å²) in [6.45, 7) is 0.683. The summed E-state index contributed by atoms with van der Waals surface area (Å²) in [6, 6.07) is 8.41. The quantitative estimate of drug-likeness (QED) is 0.898. The van der Waals surface area contributed by atoms with Crippen molar-refractivity contribution >= 4 is 16.9 Å². The molecule has 1 aromatic heterocycles. The van der Waals surface area contributed by atoms with Gasteiger partial charge in [-0.2, -0.15) is 0 Å². The monoisotopic (exact) mass is 243 g/mol. The van der Waals surface area contributed by atoms with Gasteiger partial charge in [0.15, 0.2) is 5.43 Å². The zero-order chi connectivity index (χ0) is 12.7. The van der Waals surface area contributed by atoms with E-state index in [1.54, 1.807) is 16.7 Å². The Kier molecular flexibility index (Phi) is 2.44. The van der Waals surface area contributed by atoms with Crippen LogP contribution in [0.4, 0.5) is 0 Å². The van der Waals surface area contributed by atoms with Crippen LogP contribution < -0.4 is 5.43 Å². The molecule has 1 saturated carbocycles. The molecule has 4 nitrogen and oxygen atoms in total. The predicted molar refractivity (Wildman–Crippen MR) is 67.9 cm³/mol. The SMILES string of the molecule is O=C(O)c1cc(=O)c2ccccc2n1CC1CC1. The van der Waals surface area contributed by atoms with Gasteiger partial charge in [0.1, 0.15) is 5.69 Å². The Bertz CT molecular complexity index is 683. The average Bonchev–Trinajstić information content (AvgIpc) is 3.16. The second-order valence-corrected chi connectivity index (χ2v) is 4.77. The van der Waals surface area contributed by atoms with E-state index in [-0.39, 0.29) is 11.1 Å². The van der Waals surface area contributed by atoms with E-state index < -0.39 is 5.97 Å². The maximum absolute atomic E-state index is 11.9. The van der Waals surface area contributed by atoms with Crippen molar-refractivity contribution in [3.05, 3.63) is 46.2 Å². The van der Waals surface area contributed by atoms with E-state index in [4.69, 9.17) is 0 Å². The van der Waals surface area contributed by atoms with Gasteiger partial charge in [-0.25, -0.2) is 4.79 Å². The van der Waals surface area contributed by atoms with Gasteiger partial charge >= 0.3 is 5.97 Å². The first-order chi connectivity index (χ1) is 8.66. The van der Waals surface area contributed by atoms with E-state index in [1.807, 2.05) is 12.1 Å². The molecule has 0 spiro atoms. The summed E-state index contributed by atoms with van der Waals surface area (Å²) in [4.78, 5) is 23.1. The number of carboxylic acid groups (broad SMARTS) is 1. The molecular formula is C14H13NO3. The summed E-state index contributed by atoms with van der Waals surface area (Å²) in [5, 5.41) is 9.81. The molecular weight excluding hydrogens is 230 g/mol. The average molecular weight is 243 g/mol. The molecule has 0 unspecified atom stereocenters. The van der Waals surface area contributed by atoms with Crippen LogP contribution in [0, 0.1) is 5.92 Å². The molecule has 4 heteroatoms. The highest BCUT2D eigenvalue weighted by Crippen LogP contribution is 2.32. The highest BCUT2D eigenvalue weighted by atomic mass is 16.4. The van der Waals surface area contributed by atoms with Crippen molar-refractivity contribution in [1.29, 1.82) is 0 Å². The number of carboxylic acids is 1. The Labute approximate surface area is 103 Å². The summed E-state index contributed by atoms with van der Waals surface area (Å²) < 4.78 is 1.76. The summed E-state index contributed by atoms with van der Waals surface area (Å²) in [5.41, 5.74) is 0.579. The largest absolute Gasteiger partial charge is 0.477 e. The smallest absolute Gasteiger partial charge is 0.352 e. The van der Waals surface area contributed by atoms with E-state index in [1.165, 1.54) is 6.07 Å². The van der Waals surface area contributed by atoms with E-state index in [0.717, 1.165) is 12.8 Å². The Morgan fingerprint density at radius 3 is 2.72 bits per heavy atom. The zero-order valence-electron chi connectivity index (χ0n) is 9.80. The molecule has 92 valence electrons. The Hall–Kier alpha value is -2.10. The minimum Gasteiger partial charge on any atom is -0.477 e. The molecule has 3 rings (SSSR count). The lowest BCUT2D eigenvalue weighted by Gasteiger charge is -2.13. The van der Waals surface area contributed by atoms with Gasteiger partial charge in [-0.3, -0.25) is 4.79 Å². The van der Waals surface area contributed by atoms with Crippen LogP contribution in [0.25, 0.3) is 10.9 Å². The van der Waals surface area contributed by atoms with Crippen molar-refractivity contribution in [3.63, 3.8) is 0 Å². The Morgan fingerprint density at radius 1 is 1.33 bits per heavy atom. The number of hydrogen-bond donors (Lipinski definition) is 1. The van der Waals surface area contributed by atoms with Gasteiger partial charge < -0.3 is 9.67 Å². The molecule has 1 N–H and O–H groups in total. The second kappa shape index (κ2) is 3.98. The number of fused-ring (bicyclic) bond motifs is 1. The molecule has 1 aliphatic carbocycles. The van der Waals surface area contributed by atoms with Crippen molar-refractivity contribution in [2.45, 2.75) is 19.4 Å². The lowest BCUT2D eigenvalue weighted by Crippen LogP contribution is -2.18. The van der Waals surface area contributed by atoms with Gasteiger partial charge in [0.05, 0.1) is 5.52 Å². The fraction of sp³-hybridized carbons (Fsp3) is 0.286. The standard InChI is InChI=1S/C14H13NO3/c16-13-7-12(14(17)18)15(8-9-5-6-9)11-4-2-1-3-10(11)13/h1-4,7,9H,5-6,8H2,(H,17,18). The minimum absolute atomic E-state index is 0.0885. The molecule has 1 fully saturated rings. The molecule has 0 amide bonds. The van der Waals surface area contributed by atoms with E-state index in [9.17, 15) is 14.7 Å². The first-order valence-electron chi connectivity index (χ1n) is 6.02. The molecule has 0 aliphatic heterocycles. The fourth-order valence-corrected chi connectivity index (χ4v) is 2.26. The van der Waals surface area contributed by atoms with Crippen molar-refractivity contribution in [3.8, 4) is 0 Å². The van der Waals surface area contributed by atoms with Crippen LogP contribution in [0.1, 0.15) is 23.3 Å². The third-order valence-corrected chi connectivity index (χ3v) is 3.38. The van der Waals surface area contributed by atoms with E-state index in [0.29, 0.717) is 23.4 Å². The van der Waals surface area contributed by atoms with Crippen molar-refractivity contribution in [2.24, 2.45) is 5.92 Å². The van der Waals surface area contributed by atoms with Crippen LogP contribution in [-0.2, 0) is 6.54 Å². The summed E-state index contributed by atoms with van der Waals surface area (Å²) in [6.07, 6.45) is 2.28. The highest BCUT2D eigenvalue weighted by molar-refractivity contribution is 5.90. The lowest BCUT2D eigenvalue weighted by atomic mass is 10.1. The number of para-hydroxylation sites is 1. The molecule has 0 saturated heterocycles. The van der Waals surface area contributed by atoms with Crippen LogP contribution in [0.2, 0.25) is 0 Å². The topological polar surface area (TPSA) is 59.3 Å². The van der Waals surface area contributed by atoms with Gasteiger partial charge in [0, 0.05) is 18.0 Å². The van der Waals surface area contributed by atoms with Gasteiger partial charge in [0.2, 0.25) is 0 Å².